The number of hydrogen-bond donors (Lipinski definition) is 0. The first-order chi connectivity index (χ1) is 8.18. The van der Waals surface area contributed by atoms with E-state index in [1.807, 2.05) is 62.3 Å². The standard InChI is InChI=1S/3C4H9O.C2H4F.Sn/c3*1-4(2,3)5;1-2-3;/h3*1-3H3;1-2H2;/q3*-1;;+3. The number of halogens is 1. The molecule has 0 aromatic rings. The second-order valence-corrected chi connectivity index (χ2v) is 14.8. The molecule has 0 fully saturated rings. The molecule has 0 atom stereocenters. The Morgan fingerprint density at radius 2 is 0.947 bits per heavy atom. The van der Waals surface area contributed by atoms with Gasteiger partial charge in [0.2, 0.25) is 0 Å². The van der Waals surface area contributed by atoms with E-state index in [4.69, 9.17) is 9.22 Å². The quantitative estimate of drug-likeness (QED) is 0.660. The minimum atomic E-state index is -3.95. The molecule has 0 aromatic carbocycles. The molecule has 0 saturated carbocycles. The maximum absolute atomic E-state index is 13.0. The van der Waals surface area contributed by atoms with Gasteiger partial charge in [0, 0.05) is 0 Å². The normalized spacial score (nSPS) is 14.8. The Bertz CT molecular complexity index is 233. The first-order valence-electron chi connectivity index (χ1n) is 6.85. The topological polar surface area (TPSA) is 27.7 Å². The maximum atomic E-state index is 13.0. The van der Waals surface area contributed by atoms with Gasteiger partial charge < -0.3 is 0 Å². The average Bonchev–Trinajstić information content (AvgIpc) is 1.90. The van der Waals surface area contributed by atoms with Crippen LogP contribution in [-0.2, 0) is 9.22 Å². The van der Waals surface area contributed by atoms with Gasteiger partial charge in [0.15, 0.2) is 0 Å². The molecule has 116 valence electrons. The van der Waals surface area contributed by atoms with E-state index in [0.29, 0.717) is 0 Å². The Hall–Kier alpha value is 0.609. The third-order valence-electron chi connectivity index (χ3n) is 1.79. The van der Waals surface area contributed by atoms with E-state index >= 15 is 0 Å². The van der Waals surface area contributed by atoms with Crippen molar-refractivity contribution >= 4 is 19.6 Å². The van der Waals surface area contributed by atoms with E-state index < -0.39 is 43.1 Å². The molecule has 0 aromatic heterocycles. The molecule has 0 bridgehead atoms. The molecule has 0 unspecified atom stereocenters. The summed E-state index contributed by atoms with van der Waals surface area (Å²) in [4.78, 5) is 0. The molecule has 0 amide bonds. The van der Waals surface area contributed by atoms with Crippen LogP contribution in [0.3, 0.4) is 0 Å². The predicted octanol–water partition coefficient (Wildman–Crippen LogP) is 4.34. The van der Waals surface area contributed by atoms with E-state index in [0.717, 1.165) is 0 Å². The van der Waals surface area contributed by atoms with Gasteiger partial charge in [-0.3, -0.25) is 0 Å². The minimum absolute atomic E-state index is 0.250. The van der Waals surface area contributed by atoms with Crippen molar-refractivity contribution in [2.45, 2.75) is 83.6 Å². The van der Waals surface area contributed by atoms with Crippen molar-refractivity contribution in [1.82, 2.24) is 0 Å². The summed E-state index contributed by atoms with van der Waals surface area (Å²) in [6.07, 6.45) is 0. The van der Waals surface area contributed by atoms with Gasteiger partial charge in [-0.2, -0.15) is 0 Å². The second-order valence-electron chi connectivity index (χ2n) is 7.77. The van der Waals surface area contributed by atoms with Crippen LogP contribution in [0.1, 0.15) is 62.3 Å². The van der Waals surface area contributed by atoms with Crippen LogP contribution < -0.4 is 0 Å². The fraction of sp³-hybridized carbons (Fsp3) is 1.00. The molecule has 0 spiro atoms. The van der Waals surface area contributed by atoms with Crippen molar-refractivity contribution in [3.8, 4) is 0 Å². The zero-order valence-electron chi connectivity index (χ0n) is 14.0. The van der Waals surface area contributed by atoms with Crippen LogP contribution in [0.25, 0.3) is 0 Å². The van der Waals surface area contributed by atoms with Crippen LogP contribution in [0.15, 0.2) is 0 Å². The van der Waals surface area contributed by atoms with E-state index in [-0.39, 0.29) is 4.44 Å². The summed E-state index contributed by atoms with van der Waals surface area (Å²) in [6, 6.07) is 0. The van der Waals surface area contributed by atoms with Gasteiger partial charge in [-0.25, -0.2) is 0 Å². The first-order valence-corrected chi connectivity index (χ1v) is 12.4. The van der Waals surface area contributed by atoms with Crippen molar-refractivity contribution in [3.63, 3.8) is 0 Å². The van der Waals surface area contributed by atoms with E-state index in [9.17, 15) is 4.39 Å². The van der Waals surface area contributed by atoms with Gasteiger partial charge in [-0.15, -0.1) is 0 Å². The van der Waals surface area contributed by atoms with E-state index in [1.165, 1.54) is 0 Å². The van der Waals surface area contributed by atoms with Crippen molar-refractivity contribution in [1.29, 1.82) is 0 Å². The van der Waals surface area contributed by atoms with Crippen molar-refractivity contribution in [3.05, 3.63) is 0 Å². The second kappa shape index (κ2) is 6.58. The molecular formula is C14H31FO3Sn. The predicted molar refractivity (Wildman–Crippen MR) is 79.1 cm³/mol. The summed E-state index contributed by atoms with van der Waals surface area (Å²) in [5.41, 5.74) is -1.20. The van der Waals surface area contributed by atoms with Gasteiger partial charge in [0.05, 0.1) is 0 Å². The summed E-state index contributed by atoms with van der Waals surface area (Å²) in [6.45, 7) is 17.1. The van der Waals surface area contributed by atoms with Crippen LogP contribution in [0.4, 0.5) is 4.39 Å². The summed E-state index contributed by atoms with van der Waals surface area (Å²) >= 11 is -3.95. The Morgan fingerprint density at radius 1 is 0.684 bits per heavy atom. The summed E-state index contributed by atoms with van der Waals surface area (Å²) in [5.74, 6) is 0. The summed E-state index contributed by atoms with van der Waals surface area (Å²) in [7, 11) is 0. The molecule has 0 rings (SSSR count). The number of hydrogen-bond acceptors (Lipinski definition) is 3. The zero-order valence-corrected chi connectivity index (χ0v) is 16.9. The molecule has 0 radical (unpaired) electrons. The van der Waals surface area contributed by atoms with Gasteiger partial charge in [-0.05, 0) is 0 Å². The fourth-order valence-corrected chi connectivity index (χ4v) is 11.6. The third kappa shape index (κ3) is 10.0. The molecule has 0 saturated heterocycles. The fourth-order valence-electron chi connectivity index (χ4n) is 1.73. The SMILES string of the molecule is CC(C)(C)[O][Sn]([CH2]CF)([O]C(C)(C)C)[O]C(C)(C)C. The monoisotopic (exact) mass is 386 g/mol. The van der Waals surface area contributed by atoms with Crippen LogP contribution in [0.5, 0.6) is 0 Å². The molecular weight excluding hydrogens is 354 g/mol. The molecule has 5 heteroatoms. The summed E-state index contributed by atoms with van der Waals surface area (Å²) < 4.78 is 31.7. The Balaban J connectivity index is 5.34. The van der Waals surface area contributed by atoms with Gasteiger partial charge >= 0.3 is 123 Å². The van der Waals surface area contributed by atoms with Crippen molar-refractivity contribution in [2.75, 3.05) is 6.67 Å². The zero-order chi connectivity index (χ0) is 15.5. The first kappa shape index (κ1) is 19.6. The summed E-state index contributed by atoms with van der Waals surface area (Å²) in [5, 5.41) is 0. The van der Waals surface area contributed by atoms with Crippen molar-refractivity contribution < 1.29 is 13.6 Å². The Kier molecular flexibility index (Phi) is 6.79. The van der Waals surface area contributed by atoms with Crippen LogP contribution in [-0.4, -0.2) is 43.1 Å². The molecule has 3 nitrogen and oxygen atoms in total. The molecule has 0 aliphatic heterocycles. The van der Waals surface area contributed by atoms with E-state index in [1.54, 1.807) is 0 Å². The van der Waals surface area contributed by atoms with Gasteiger partial charge in [0.1, 0.15) is 0 Å². The van der Waals surface area contributed by atoms with Crippen LogP contribution in [0.2, 0.25) is 4.44 Å². The van der Waals surface area contributed by atoms with Crippen molar-refractivity contribution in [2.24, 2.45) is 0 Å². The molecule has 19 heavy (non-hydrogen) atoms. The Morgan fingerprint density at radius 3 is 1.11 bits per heavy atom. The van der Waals surface area contributed by atoms with Gasteiger partial charge in [-0.1, -0.05) is 0 Å². The Labute approximate surface area is 123 Å². The molecule has 0 heterocycles. The van der Waals surface area contributed by atoms with E-state index in [2.05, 4.69) is 0 Å². The third-order valence-corrected chi connectivity index (χ3v) is 12.0. The number of rotatable bonds is 5. The average molecular weight is 385 g/mol. The van der Waals surface area contributed by atoms with Crippen LogP contribution in [0, 0.1) is 0 Å². The molecule has 0 N–H and O–H groups in total. The van der Waals surface area contributed by atoms with Gasteiger partial charge in [0.25, 0.3) is 0 Å². The molecule has 0 aliphatic rings. The van der Waals surface area contributed by atoms with Crippen LogP contribution >= 0.6 is 0 Å². The molecule has 0 aliphatic carbocycles. The number of alkyl halides is 1.